The number of nitrogens with zero attached hydrogens (tertiary/aromatic N) is 1. The average molecular weight is 348 g/mol. The molecule has 1 aliphatic heterocycles. The Morgan fingerprint density at radius 1 is 1.12 bits per heavy atom. The molecule has 0 aliphatic carbocycles. The van der Waals surface area contributed by atoms with E-state index < -0.39 is 17.7 Å². The van der Waals surface area contributed by atoms with Crippen LogP contribution in [0.1, 0.15) is 39.2 Å². The molecule has 1 fully saturated rings. The third-order valence-electron chi connectivity index (χ3n) is 3.85. The first kappa shape index (κ1) is 19.1. The summed E-state index contributed by atoms with van der Waals surface area (Å²) in [6.45, 7) is 8.07. The fraction of sp³-hybridized carbons (Fsp3) is 0.556. The summed E-state index contributed by atoms with van der Waals surface area (Å²) in [5.74, 6) is 0. The Morgan fingerprint density at radius 2 is 1.76 bits per heavy atom. The van der Waals surface area contributed by atoms with Crippen molar-refractivity contribution in [3.8, 4) is 0 Å². The fourth-order valence-corrected chi connectivity index (χ4v) is 2.71. The standard InChI is InChI=1S/C18H28N4O3/c1-18(2,3)25-17(24)21-20-16(23)19-15-9-11-22(12-10-15)13-14-7-5-4-6-8-14/h4-8,15H,9-13H2,1-3H3,(H,21,24)(H2,19,20,23). The van der Waals surface area contributed by atoms with Crippen LogP contribution >= 0.6 is 0 Å². The molecule has 1 saturated heterocycles. The molecule has 3 amide bonds. The van der Waals surface area contributed by atoms with Gasteiger partial charge in [-0.2, -0.15) is 0 Å². The van der Waals surface area contributed by atoms with Gasteiger partial charge in [0, 0.05) is 25.7 Å². The molecule has 1 aliphatic rings. The first-order valence-corrected chi connectivity index (χ1v) is 8.63. The topological polar surface area (TPSA) is 82.7 Å². The van der Waals surface area contributed by atoms with Crippen molar-refractivity contribution in [2.45, 2.75) is 51.8 Å². The van der Waals surface area contributed by atoms with Gasteiger partial charge in [0.1, 0.15) is 5.60 Å². The molecule has 7 nitrogen and oxygen atoms in total. The van der Waals surface area contributed by atoms with Gasteiger partial charge in [-0.25, -0.2) is 20.4 Å². The van der Waals surface area contributed by atoms with Crippen LogP contribution in [-0.4, -0.2) is 41.8 Å². The molecule has 0 unspecified atom stereocenters. The van der Waals surface area contributed by atoms with Crippen LogP contribution < -0.4 is 16.2 Å². The molecule has 25 heavy (non-hydrogen) atoms. The lowest BCUT2D eigenvalue weighted by Crippen LogP contribution is -2.52. The lowest BCUT2D eigenvalue weighted by atomic mass is 10.0. The van der Waals surface area contributed by atoms with Crippen LogP contribution in [0.2, 0.25) is 0 Å². The molecule has 0 spiro atoms. The summed E-state index contributed by atoms with van der Waals surface area (Å²) >= 11 is 0. The number of piperidine rings is 1. The van der Waals surface area contributed by atoms with Crippen LogP contribution in [0.15, 0.2) is 30.3 Å². The molecule has 138 valence electrons. The van der Waals surface area contributed by atoms with Crippen molar-refractivity contribution >= 4 is 12.1 Å². The minimum atomic E-state index is -0.680. The van der Waals surface area contributed by atoms with Crippen LogP contribution in [0.25, 0.3) is 0 Å². The number of benzene rings is 1. The summed E-state index contributed by atoms with van der Waals surface area (Å²) in [5, 5.41) is 2.87. The van der Waals surface area contributed by atoms with Crippen molar-refractivity contribution in [2.75, 3.05) is 13.1 Å². The van der Waals surface area contributed by atoms with Crippen molar-refractivity contribution in [2.24, 2.45) is 0 Å². The van der Waals surface area contributed by atoms with Gasteiger partial charge >= 0.3 is 12.1 Å². The summed E-state index contributed by atoms with van der Waals surface area (Å²) in [6.07, 6.45) is 1.08. The maximum atomic E-state index is 11.8. The van der Waals surface area contributed by atoms with Crippen LogP contribution in [0.4, 0.5) is 9.59 Å². The smallest absolute Gasteiger partial charge is 0.426 e. The van der Waals surface area contributed by atoms with Gasteiger partial charge in [-0.05, 0) is 39.2 Å². The van der Waals surface area contributed by atoms with Gasteiger partial charge in [-0.1, -0.05) is 30.3 Å². The molecule has 0 radical (unpaired) electrons. The van der Waals surface area contributed by atoms with Crippen LogP contribution in [0.3, 0.4) is 0 Å². The largest absolute Gasteiger partial charge is 0.443 e. The Bertz CT molecular complexity index is 563. The molecule has 0 aromatic heterocycles. The highest BCUT2D eigenvalue weighted by molar-refractivity contribution is 5.77. The van der Waals surface area contributed by atoms with E-state index >= 15 is 0 Å². The van der Waals surface area contributed by atoms with E-state index in [2.05, 4.69) is 33.2 Å². The van der Waals surface area contributed by atoms with Crippen molar-refractivity contribution < 1.29 is 14.3 Å². The van der Waals surface area contributed by atoms with E-state index in [1.165, 1.54) is 5.56 Å². The number of ether oxygens (including phenoxy) is 1. The molecule has 1 heterocycles. The number of carbonyl (C=O) groups is 2. The Balaban J connectivity index is 1.64. The maximum Gasteiger partial charge on any atom is 0.426 e. The highest BCUT2D eigenvalue weighted by Gasteiger charge is 2.21. The third-order valence-corrected chi connectivity index (χ3v) is 3.85. The highest BCUT2D eigenvalue weighted by atomic mass is 16.6. The molecule has 2 rings (SSSR count). The van der Waals surface area contributed by atoms with Gasteiger partial charge in [0.25, 0.3) is 0 Å². The molecule has 1 aromatic rings. The van der Waals surface area contributed by atoms with Crippen molar-refractivity contribution in [3.05, 3.63) is 35.9 Å². The SMILES string of the molecule is CC(C)(C)OC(=O)NNC(=O)NC1CCN(Cc2ccccc2)CC1. The Labute approximate surface area is 149 Å². The maximum absolute atomic E-state index is 11.8. The Morgan fingerprint density at radius 3 is 2.36 bits per heavy atom. The molecule has 1 aromatic carbocycles. The van der Waals surface area contributed by atoms with Gasteiger partial charge in [-0.3, -0.25) is 4.90 Å². The van der Waals surface area contributed by atoms with E-state index in [-0.39, 0.29) is 6.04 Å². The summed E-state index contributed by atoms with van der Waals surface area (Å²) in [5.41, 5.74) is 5.25. The molecular formula is C18H28N4O3. The van der Waals surface area contributed by atoms with E-state index in [9.17, 15) is 9.59 Å². The quantitative estimate of drug-likeness (QED) is 0.733. The number of carbonyl (C=O) groups excluding carboxylic acids is 2. The zero-order valence-corrected chi connectivity index (χ0v) is 15.2. The van der Waals surface area contributed by atoms with E-state index in [0.29, 0.717) is 0 Å². The van der Waals surface area contributed by atoms with E-state index in [4.69, 9.17) is 4.74 Å². The Hall–Kier alpha value is -2.28. The fourth-order valence-electron chi connectivity index (χ4n) is 2.71. The number of rotatable bonds is 3. The first-order valence-electron chi connectivity index (χ1n) is 8.63. The molecule has 0 saturated carbocycles. The number of likely N-dealkylation sites (tertiary alicyclic amines) is 1. The minimum absolute atomic E-state index is 0.104. The normalized spacial score (nSPS) is 16.1. The predicted octanol–water partition coefficient (Wildman–Crippen LogP) is 2.39. The van der Waals surface area contributed by atoms with Gasteiger partial charge in [0.15, 0.2) is 0 Å². The molecule has 7 heteroatoms. The number of hydrazine groups is 1. The second-order valence-corrected chi connectivity index (χ2v) is 7.26. The monoisotopic (exact) mass is 348 g/mol. The number of hydrogen-bond donors (Lipinski definition) is 3. The molecular weight excluding hydrogens is 320 g/mol. The summed E-state index contributed by atoms with van der Waals surface area (Å²) < 4.78 is 5.05. The minimum Gasteiger partial charge on any atom is -0.443 e. The summed E-state index contributed by atoms with van der Waals surface area (Å²) in [7, 11) is 0. The zero-order chi connectivity index (χ0) is 18.3. The van der Waals surface area contributed by atoms with E-state index in [0.717, 1.165) is 32.5 Å². The lowest BCUT2D eigenvalue weighted by Gasteiger charge is -2.32. The summed E-state index contributed by atoms with van der Waals surface area (Å²) in [6, 6.07) is 10.0. The van der Waals surface area contributed by atoms with Gasteiger partial charge in [0.2, 0.25) is 0 Å². The number of amides is 3. The zero-order valence-electron chi connectivity index (χ0n) is 15.2. The third kappa shape index (κ3) is 7.43. The van der Waals surface area contributed by atoms with E-state index in [1.54, 1.807) is 20.8 Å². The number of urea groups is 1. The lowest BCUT2D eigenvalue weighted by molar-refractivity contribution is 0.0504. The average Bonchev–Trinajstić information content (AvgIpc) is 2.54. The Kier molecular flexibility index (Phi) is 6.64. The predicted molar refractivity (Wildman–Crippen MR) is 95.8 cm³/mol. The van der Waals surface area contributed by atoms with Crippen LogP contribution in [0, 0.1) is 0 Å². The van der Waals surface area contributed by atoms with Crippen molar-refractivity contribution in [1.29, 1.82) is 0 Å². The molecule has 3 N–H and O–H groups in total. The van der Waals surface area contributed by atoms with Gasteiger partial charge in [0.05, 0.1) is 0 Å². The van der Waals surface area contributed by atoms with Crippen molar-refractivity contribution in [3.63, 3.8) is 0 Å². The summed E-state index contributed by atoms with van der Waals surface area (Å²) in [4.78, 5) is 25.7. The van der Waals surface area contributed by atoms with Crippen LogP contribution in [0.5, 0.6) is 0 Å². The number of hydrogen-bond acceptors (Lipinski definition) is 4. The number of nitrogens with one attached hydrogen (secondary N) is 3. The van der Waals surface area contributed by atoms with E-state index in [1.807, 2.05) is 18.2 Å². The molecule has 0 bridgehead atoms. The highest BCUT2D eigenvalue weighted by Crippen LogP contribution is 2.13. The van der Waals surface area contributed by atoms with Crippen LogP contribution in [-0.2, 0) is 11.3 Å². The molecule has 0 atom stereocenters. The van der Waals surface area contributed by atoms with Gasteiger partial charge in [-0.15, -0.1) is 0 Å². The first-order chi connectivity index (χ1) is 11.8. The van der Waals surface area contributed by atoms with Gasteiger partial charge < -0.3 is 10.1 Å². The van der Waals surface area contributed by atoms with Crippen molar-refractivity contribution in [1.82, 2.24) is 21.1 Å². The second-order valence-electron chi connectivity index (χ2n) is 7.26. The second kappa shape index (κ2) is 8.71.